The highest BCUT2D eigenvalue weighted by atomic mass is 79.9. The van der Waals surface area contributed by atoms with Gasteiger partial charge in [0, 0.05) is 15.7 Å². The van der Waals surface area contributed by atoms with Crippen LogP contribution in [0.4, 0.5) is 0 Å². The fourth-order valence-electron chi connectivity index (χ4n) is 1.16. The molecular weight excluding hydrogens is 315 g/mol. The van der Waals surface area contributed by atoms with Crippen LogP contribution in [0, 0.1) is 0 Å². The number of rotatable bonds is 4. The normalized spacial score (nSPS) is 10.4. The van der Waals surface area contributed by atoms with E-state index in [1.54, 1.807) is 0 Å². The quantitative estimate of drug-likeness (QED) is 0.714. The Kier molecular flexibility index (Phi) is 5.37. The third-order valence-electron chi connectivity index (χ3n) is 1.85. The first kappa shape index (κ1) is 11.5. The van der Waals surface area contributed by atoms with Crippen molar-refractivity contribution in [3.63, 3.8) is 0 Å². The molecule has 0 saturated carbocycles. The standard InChI is InChI=1S/C10H11Br2Cl/c11-5-1-2-8-3-4-10(12)9(6-8)7-13/h3-4,6H,1-2,5,7H2. The van der Waals surface area contributed by atoms with Crippen LogP contribution in [0.5, 0.6) is 0 Å². The molecule has 1 aromatic rings. The first-order valence-corrected chi connectivity index (χ1v) is 6.62. The lowest BCUT2D eigenvalue weighted by atomic mass is 10.1. The van der Waals surface area contributed by atoms with E-state index in [0.29, 0.717) is 5.88 Å². The van der Waals surface area contributed by atoms with Crippen LogP contribution >= 0.6 is 43.5 Å². The van der Waals surface area contributed by atoms with Gasteiger partial charge in [-0.15, -0.1) is 11.6 Å². The Balaban J connectivity index is 2.74. The molecule has 1 aromatic carbocycles. The van der Waals surface area contributed by atoms with Crippen molar-refractivity contribution in [3.05, 3.63) is 33.8 Å². The van der Waals surface area contributed by atoms with Crippen LogP contribution in [0.25, 0.3) is 0 Å². The first-order valence-electron chi connectivity index (χ1n) is 4.17. The van der Waals surface area contributed by atoms with E-state index < -0.39 is 0 Å². The number of aryl methyl sites for hydroxylation is 1. The highest BCUT2D eigenvalue weighted by Crippen LogP contribution is 2.20. The van der Waals surface area contributed by atoms with Gasteiger partial charge in [-0.1, -0.05) is 44.0 Å². The van der Waals surface area contributed by atoms with Gasteiger partial charge in [-0.3, -0.25) is 0 Å². The smallest absolute Gasteiger partial charge is 0.0485 e. The van der Waals surface area contributed by atoms with Crippen molar-refractivity contribution in [3.8, 4) is 0 Å². The third-order valence-corrected chi connectivity index (χ3v) is 3.48. The van der Waals surface area contributed by atoms with E-state index in [1.165, 1.54) is 17.5 Å². The summed E-state index contributed by atoms with van der Waals surface area (Å²) in [6, 6.07) is 6.38. The molecule has 0 N–H and O–H groups in total. The predicted molar refractivity (Wildman–Crippen MR) is 65.8 cm³/mol. The lowest BCUT2D eigenvalue weighted by Crippen LogP contribution is -1.89. The molecule has 0 aliphatic carbocycles. The fraction of sp³-hybridized carbons (Fsp3) is 0.400. The maximum atomic E-state index is 5.80. The van der Waals surface area contributed by atoms with Crippen LogP contribution in [0.1, 0.15) is 17.5 Å². The largest absolute Gasteiger partial charge is 0.122 e. The van der Waals surface area contributed by atoms with Crippen LogP contribution in [-0.4, -0.2) is 5.33 Å². The van der Waals surface area contributed by atoms with Gasteiger partial charge in [0.05, 0.1) is 0 Å². The zero-order valence-electron chi connectivity index (χ0n) is 7.19. The Morgan fingerprint density at radius 2 is 2.08 bits per heavy atom. The summed E-state index contributed by atoms with van der Waals surface area (Å²) in [4.78, 5) is 0. The molecule has 0 unspecified atom stereocenters. The SMILES string of the molecule is ClCc1cc(CCCBr)ccc1Br. The fourth-order valence-corrected chi connectivity index (χ4v) is 2.21. The summed E-state index contributed by atoms with van der Waals surface area (Å²) < 4.78 is 1.10. The molecule has 0 radical (unpaired) electrons. The molecule has 0 atom stereocenters. The molecule has 0 spiro atoms. The molecule has 0 heterocycles. The topological polar surface area (TPSA) is 0 Å². The van der Waals surface area contributed by atoms with Gasteiger partial charge in [0.25, 0.3) is 0 Å². The van der Waals surface area contributed by atoms with Gasteiger partial charge in [0.1, 0.15) is 0 Å². The molecule has 0 nitrogen and oxygen atoms in total. The van der Waals surface area contributed by atoms with Crippen LogP contribution in [-0.2, 0) is 12.3 Å². The highest BCUT2D eigenvalue weighted by molar-refractivity contribution is 9.10. The summed E-state index contributed by atoms with van der Waals surface area (Å²) in [6.45, 7) is 0. The second-order valence-electron chi connectivity index (χ2n) is 2.85. The maximum absolute atomic E-state index is 5.80. The van der Waals surface area contributed by atoms with Gasteiger partial charge in [0.2, 0.25) is 0 Å². The molecule has 3 heteroatoms. The zero-order chi connectivity index (χ0) is 9.68. The van der Waals surface area contributed by atoms with Crippen molar-refractivity contribution in [1.29, 1.82) is 0 Å². The van der Waals surface area contributed by atoms with E-state index in [2.05, 4.69) is 50.1 Å². The number of hydrogen-bond donors (Lipinski definition) is 0. The molecule has 0 saturated heterocycles. The third kappa shape index (κ3) is 3.61. The van der Waals surface area contributed by atoms with E-state index >= 15 is 0 Å². The van der Waals surface area contributed by atoms with Crippen molar-refractivity contribution in [2.24, 2.45) is 0 Å². The second-order valence-corrected chi connectivity index (χ2v) is 4.77. The monoisotopic (exact) mass is 324 g/mol. The average Bonchev–Trinajstić information content (AvgIpc) is 2.16. The zero-order valence-corrected chi connectivity index (χ0v) is 11.1. The van der Waals surface area contributed by atoms with Gasteiger partial charge >= 0.3 is 0 Å². The summed E-state index contributed by atoms with van der Waals surface area (Å²) in [5.74, 6) is 0.572. The van der Waals surface area contributed by atoms with Crippen molar-refractivity contribution >= 4 is 43.5 Å². The summed E-state index contributed by atoms with van der Waals surface area (Å²) in [6.07, 6.45) is 2.28. The van der Waals surface area contributed by atoms with E-state index in [4.69, 9.17) is 11.6 Å². The number of halogens is 3. The van der Waals surface area contributed by atoms with Gasteiger partial charge in [0.15, 0.2) is 0 Å². The van der Waals surface area contributed by atoms with Gasteiger partial charge in [-0.2, -0.15) is 0 Å². The van der Waals surface area contributed by atoms with Crippen LogP contribution in [0.2, 0.25) is 0 Å². The van der Waals surface area contributed by atoms with Crippen molar-refractivity contribution < 1.29 is 0 Å². The molecule has 0 amide bonds. The minimum Gasteiger partial charge on any atom is -0.122 e. The Hall–Kier alpha value is 0.470. The minimum atomic E-state index is 0.572. The van der Waals surface area contributed by atoms with Crippen molar-refractivity contribution in [2.45, 2.75) is 18.7 Å². The van der Waals surface area contributed by atoms with Crippen LogP contribution in [0.3, 0.4) is 0 Å². The second kappa shape index (κ2) is 6.05. The van der Waals surface area contributed by atoms with Gasteiger partial charge in [-0.25, -0.2) is 0 Å². The summed E-state index contributed by atoms with van der Waals surface area (Å²) in [7, 11) is 0. The Morgan fingerprint density at radius 3 is 2.69 bits per heavy atom. The van der Waals surface area contributed by atoms with Crippen LogP contribution < -0.4 is 0 Å². The Morgan fingerprint density at radius 1 is 1.31 bits per heavy atom. The van der Waals surface area contributed by atoms with E-state index in [0.717, 1.165) is 16.2 Å². The molecular formula is C10H11Br2Cl. The van der Waals surface area contributed by atoms with E-state index in [9.17, 15) is 0 Å². The number of benzene rings is 1. The first-order chi connectivity index (χ1) is 6.27. The molecule has 0 aromatic heterocycles. The number of hydrogen-bond acceptors (Lipinski definition) is 0. The highest BCUT2D eigenvalue weighted by Gasteiger charge is 2.00. The summed E-state index contributed by atoms with van der Waals surface area (Å²) >= 11 is 12.7. The summed E-state index contributed by atoms with van der Waals surface area (Å²) in [5, 5.41) is 1.05. The molecule has 0 fully saturated rings. The van der Waals surface area contributed by atoms with Crippen LogP contribution in [0.15, 0.2) is 22.7 Å². The molecule has 0 aliphatic heterocycles. The molecule has 13 heavy (non-hydrogen) atoms. The predicted octanol–water partition coefficient (Wildman–Crippen LogP) is 4.52. The lowest BCUT2D eigenvalue weighted by molar-refractivity contribution is 0.936. The van der Waals surface area contributed by atoms with Gasteiger partial charge < -0.3 is 0 Å². The molecule has 0 bridgehead atoms. The molecule has 1 rings (SSSR count). The van der Waals surface area contributed by atoms with Crippen molar-refractivity contribution in [1.82, 2.24) is 0 Å². The lowest BCUT2D eigenvalue weighted by Gasteiger charge is -2.04. The maximum Gasteiger partial charge on any atom is 0.0485 e. The Labute approximate surface area is 101 Å². The van der Waals surface area contributed by atoms with Gasteiger partial charge in [-0.05, 0) is 30.0 Å². The Bertz CT molecular complexity index is 274. The molecule has 72 valence electrons. The minimum absolute atomic E-state index is 0.572. The average molecular weight is 326 g/mol. The van der Waals surface area contributed by atoms with E-state index in [-0.39, 0.29) is 0 Å². The summed E-state index contributed by atoms with van der Waals surface area (Å²) in [5.41, 5.74) is 2.53. The van der Waals surface area contributed by atoms with Crippen molar-refractivity contribution in [2.75, 3.05) is 5.33 Å². The number of alkyl halides is 2. The van der Waals surface area contributed by atoms with E-state index in [1.807, 2.05) is 0 Å². The molecule has 0 aliphatic rings.